The fraction of sp³-hybridized carbons (Fsp3) is 0.344. The molecule has 2 amide bonds. The first-order valence-corrected chi connectivity index (χ1v) is 14.1. The van der Waals surface area contributed by atoms with Crippen molar-refractivity contribution in [2.45, 2.75) is 57.8 Å². The van der Waals surface area contributed by atoms with Crippen LogP contribution in [0.4, 0.5) is 0 Å². The highest BCUT2D eigenvalue weighted by Crippen LogP contribution is 2.55. The van der Waals surface area contributed by atoms with E-state index in [0.717, 1.165) is 43.7 Å². The van der Waals surface area contributed by atoms with Gasteiger partial charge in [0.05, 0.1) is 33.7 Å². The van der Waals surface area contributed by atoms with Crippen molar-refractivity contribution in [1.82, 2.24) is 19.4 Å². The van der Waals surface area contributed by atoms with Crippen LogP contribution in [0.1, 0.15) is 49.3 Å². The van der Waals surface area contributed by atoms with Gasteiger partial charge in [-0.2, -0.15) is 0 Å². The van der Waals surface area contributed by atoms with Crippen LogP contribution < -0.4 is 10.1 Å². The Balaban J connectivity index is 1.66. The van der Waals surface area contributed by atoms with Gasteiger partial charge in [-0.15, -0.1) is 0 Å². The SMILES string of the molecule is CO[C@H]1[C@@H](N(C)C(C)=O)C[C@H]2O[C@@]1(C)n1c3c(OC(C)=O)cccc3c3c4c(c5c6ccccc6n2c5c31)C(=O)NC4. The molecule has 2 bridgehead atoms. The summed E-state index contributed by atoms with van der Waals surface area (Å²) in [4.78, 5) is 40.4. The van der Waals surface area contributed by atoms with E-state index in [9.17, 15) is 14.4 Å². The second-order valence-corrected chi connectivity index (χ2v) is 11.7. The average molecular weight is 567 g/mol. The zero-order valence-corrected chi connectivity index (χ0v) is 24.0. The van der Waals surface area contributed by atoms with Gasteiger partial charge in [-0.3, -0.25) is 14.4 Å². The van der Waals surface area contributed by atoms with Crippen molar-refractivity contribution < 1.29 is 28.6 Å². The first-order chi connectivity index (χ1) is 20.2. The Hall–Kier alpha value is -4.41. The van der Waals surface area contributed by atoms with Gasteiger partial charge >= 0.3 is 5.97 Å². The van der Waals surface area contributed by atoms with Crippen LogP contribution in [-0.2, 0) is 31.3 Å². The normalized spacial score (nSPS) is 24.4. The van der Waals surface area contributed by atoms with Crippen LogP contribution in [0.3, 0.4) is 0 Å². The standard InChI is InChI=1S/C32H30N4O6/c1-15(37)34(4)21-13-23-35-20-11-7-6-9-17(20)25-26-19(14-33-31(26)39)24-18-10-8-12-22(41-16(2)38)27(18)36(29(24)28(25)35)32(3,42-23)30(21)40-5/h6-12,21,23,30H,13-14H2,1-5H3,(H,33,39)/t21-,23+,30-,32+/m0/s1. The van der Waals surface area contributed by atoms with E-state index >= 15 is 0 Å². The minimum absolute atomic E-state index is 0.0805. The largest absolute Gasteiger partial charge is 0.424 e. The van der Waals surface area contributed by atoms with Crippen molar-refractivity contribution in [3.05, 3.63) is 53.6 Å². The molecule has 5 heterocycles. The second-order valence-electron chi connectivity index (χ2n) is 11.7. The summed E-state index contributed by atoms with van der Waals surface area (Å²) in [5, 5.41) is 6.65. The number of rotatable bonds is 3. The molecule has 10 heteroatoms. The zero-order chi connectivity index (χ0) is 29.2. The Morgan fingerprint density at radius 1 is 1.05 bits per heavy atom. The average Bonchev–Trinajstić information content (AvgIpc) is 3.60. The first kappa shape index (κ1) is 25.3. The number of likely N-dealkylation sites (N-methyl/N-ethyl adjacent to an activating group) is 1. The van der Waals surface area contributed by atoms with Gasteiger partial charge in [0.15, 0.2) is 11.5 Å². The molecule has 3 aliphatic heterocycles. The van der Waals surface area contributed by atoms with Gasteiger partial charge < -0.3 is 33.6 Å². The minimum Gasteiger partial charge on any atom is -0.424 e. The summed E-state index contributed by atoms with van der Waals surface area (Å²) in [5.41, 5.74) is 3.79. The zero-order valence-electron chi connectivity index (χ0n) is 24.0. The van der Waals surface area contributed by atoms with Crippen molar-refractivity contribution in [3.63, 3.8) is 0 Å². The molecule has 214 valence electrons. The minimum atomic E-state index is -1.14. The highest BCUT2D eigenvalue weighted by Gasteiger charge is 2.55. The number of hydrogen-bond acceptors (Lipinski definition) is 6. The van der Waals surface area contributed by atoms with Crippen LogP contribution in [0.2, 0.25) is 0 Å². The van der Waals surface area contributed by atoms with Crippen LogP contribution in [0, 0.1) is 0 Å². The molecule has 3 aromatic carbocycles. The maximum absolute atomic E-state index is 13.5. The molecule has 0 spiro atoms. The Bertz CT molecular complexity index is 2060. The molecular formula is C32H30N4O6. The van der Waals surface area contributed by atoms with Crippen LogP contribution in [0.5, 0.6) is 5.75 Å². The lowest BCUT2D eigenvalue weighted by molar-refractivity contribution is -0.266. The molecule has 5 aromatic rings. The van der Waals surface area contributed by atoms with E-state index in [1.807, 2.05) is 37.3 Å². The van der Waals surface area contributed by atoms with Crippen molar-refractivity contribution >= 4 is 61.4 Å². The van der Waals surface area contributed by atoms with Crippen molar-refractivity contribution in [2.75, 3.05) is 14.2 Å². The van der Waals surface area contributed by atoms with Gasteiger partial charge in [0, 0.05) is 62.5 Å². The number of para-hydroxylation sites is 2. The van der Waals surface area contributed by atoms with Gasteiger partial charge in [0.1, 0.15) is 12.3 Å². The summed E-state index contributed by atoms with van der Waals surface area (Å²) in [6.45, 7) is 5.29. The molecule has 42 heavy (non-hydrogen) atoms. The number of carbonyl (C=O) groups is 3. The lowest BCUT2D eigenvalue weighted by Gasteiger charge is -2.50. The lowest BCUT2D eigenvalue weighted by Crippen LogP contribution is -2.61. The van der Waals surface area contributed by atoms with Crippen LogP contribution in [0.25, 0.3) is 43.6 Å². The van der Waals surface area contributed by atoms with E-state index in [-0.39, 0.29) is 17.9 Å². The lowest BCUT2D eigenvalue weighted by atomic mass is 9.91. The summed E-state index contributed by atoms with van der Waals surface area (Å²) in [6, 6.07) is 13.4. The molecule has 0 saturated carbocycles. The number of benzene rings is 3. The molecule has 10 nitrogen and oxygen atoms in total. The van der Waals surface area contributed by atoms with E-state index in [4.69, 9.17) is 14.2 Å². The highest BCUT2D eigenvalue weighted by molar-refractivity contribution is 6.31. The molecule has 1 fully saturated rings. The molecule has 0 unspecified atom stereocenters. The van der Waals surface area contributed by atoms with E-state index in [2.05, 4.69) is 20.5 Å². The Labute approximate surface area is 240 Å². The molecule has 1 N–H and O–H groups in total. The second kappa shape index (κ2) is 8.33. The summed E-state index contributed by atoms with van der Waals surface area (Å²) >= 11 is 0. The highest BCUT2D eigenvalue weighted by atomic mass is 16.6. The third-order valence-electron chi connectivity index (χ3n) is 9.52. The first-order valence-electron chi connectivity index (χ1n) is 14.1. The molecule has 3 aliphatic rings. The Morgan fingerprint density at radius 3 is 2.55 bits per heavy atom. The Kier molecular flexibility index (Phi) is 5.02. The van der Waals surface area contributed by atoms with E-state index in [1.54, 1.807) is 32.0 Å². The summed E-state index contributed by atoms with van der Waals surface area (Å²) in [5.74, 6) is -0.253. The molecule has 4 atom stereocenters. The number of nitrogens with one attached hydrogen (secondary N) is 1. The van der Waals surface area contributed by atoms with Crippen LogP contribution >= 0.6 is 0 Å². The summed E-state index contributed by atoms with van der Waals surface area (Å²) in [6.07, 6.45) is -0.592. The van der Waals surface area contributed by atoms with E-state index in [0.29, 0.717) is 29.8 Å². The van der Waals surface area contributed by atoms with Gasteiger partial charge in [0.2, 0.25) is 5.91 Å². The van der Waals surface area contributed by atoms with Gasteiger partial charge in [-0.1, -0.05) is 30.3 Å². The number of esters is 1. The van der Waals surface area contributed by atoms with Crippen LogP contribution in [0.15, 0.2) is 42.5 Å². The number of amides is 2. The topological polar surface area (TPSA) is 104 Å². The number of methoxy groups -OCH3 is 1. The van der Waals surface area contributed by atoms with Gasteiger partial charge in [-0.05, 0) is 24.6 Å². The maximum Gasteiger partial charge on any atom is 0.308 e. The van der Waals surface area contributed by atoms with Gasteiger partial charge in [0.25, 0.3) is 5.91 Å². The molecule has 1 saturated heterocycles. The molecular weight excluding hydrogens is 536 g/mol. The number of fused-ring (bicyclic) bond motifs is 13. The summed E-state index contributed by atoms with van der Waals surface area (Å²) in [7, 11) is 3.43. The molecule has 2 aromatic heterocycles. The number of nitrogens with zero attached hydrogens (tertiary/aromatic N) is 3. The molecule has 0 aliphatic carbocycles. The van der Waals surface area contributed by atoms with E-state index < -0.39 is 24.0 Å². The van der Waals surface area contributed by atoms with E-state index in [1.165, 1.54) is 6.92 Å². The van der Waals surface area contributed by atoms with Crippen molar-refractivity contribution in [2.24, 2.45) is 0 Å². The van der Waals surface area contributed by atoms with Crippen molar-refractivity contribution in [1.29, 1.82) is 0 Å². The molecule has 0 radical (unpaired) electrons. The van der Waals surface area contributed by atoms with Gasteiger partial charge in [-0.25, -0.2) is 0 Å². The fourth-order valence-electron chi connectivity index (χ4n) is 7.91. The number of carbonyl (C=O) groups excluding carboxylic acids is 3. The third kappa shape index (κ3) is 2.93. The maximum atomic E-state index is 13.5. The third-order valence-corrected chi connectivity index (χ3v) is 9.52. The Morgan fingerprint density at radius 2 is 1.81 bits per heavy atom. The summed E-state index contributed by atoms with van der Waals surface area (Å²) < 4.78 is 23.5. The number of hydrogen-bond donors (Lipinski definition) is 1. The number of ether oxygens (including phenoxy) is 3. The predicted octanol–water partition coefficient (Wildman–Crippen LogP) is 4.54. The quantitative estimate of drug-likeness (QED) is 0.254. The number of aromatic nitrogens is 2. The fourth-order valence-corrected chi connectivity index (χ4v) is 7.91. The van der Waals surface area contributed by atoms with Crippen LogP contribution in [-0.4, -0.2) is 58.1 Å². The predicted molar refractivity (Wildman–Crippen MR) is 156 cm³/mol. The smallest absolute Gasteiger partial charge is 0.308 e. The van der Waals surface area contributed by atoms with Crippen molar-refractivity contribution in [3.8, 4) is 5.75 Å². The monoisotopic (exact) mass is 566 g/mol. The molecule has 8 rings (SSSR count).